The van der Waals surface area contributed by atoms with Crippen molar-refractivity contribution in [2.45, 2.75) is 12.8 Å². The maximum absolute atomic E-state index is 12.7. The smallest absolute Gasteiger partial charge is 0.266 e. The number of nitrogens with one attached hydrogen (secondary N) is 1. The lowest BCUT2D eigenvalue weighted by Gasteiger charge is -2.14. The Kier molecular flexibility index (Phi) is 7.48. The Morgan fingerprint density at radius 2 is 1.90 bits per heavy atom. The van der Waals surface area contributed by atoms with Crippen LogP contribution < -0.4 is 10.1 Å². The first-order valence-corrected chi connectivity index (χ1v) is 10.6. The number of carbonyl (C=O) groups is 2. The highest BCUT2D eigenvalue weighted by atomic mass is 32.2. The van der Waals surface area contributed by atoms with Crippen molar-refractivity contribution in [1.29, 1.82) is 0 Å². The molecule has 0 atom stereocenters. The molecule has 1 aliphatic heterocycles. The van der Waals surface area contributed by atoms with Gasteiger partial charge in [0.25, 0.3) is 5.91 Å². The van der Waals surface area contributed by atoms with E-state index in [1.165, 1.54) is 16.7 Å². The van der Waals surface area contributed by atoms with Gasteiger partial charge in [-0.05, 0) is 47.9 Å². The van der Waals surface area contributed by atoms with E-state index in [0.29, 0.717) is 22.2 Å². The van der Waals surface area contributed by atoms with Crippen LogP contribution in [0.3, 0.4) is 0 Å². The molecule has 30 heavy (non-hydrogen) atoms. The molecule has 8 heteroatoms. The number of thiocarbonyl (C=S) groups is 1. The summed E-state index contributed by atoms with van der Waals surface area (Å²) in [5.74, 6) is 0.642. The topological polar surface area (TPSA) is 78.9 Å². The van der Waals surface area contributed by atoms with Crippen LogP contribution in [0, 0.1) is 0 Å². The van der Waals surface area contributed by atoms with Crippen LogP contribution in [0.25, 0.3) is 6.08 Å². The highest BCUT2D eigenvalue weighted by Gasteiger charge is 2.32. The summed E-state index contributed by atoms with van der Waals surface area (Å²) in [4.78, 5) is 26.8. The normalized spacial score (nSPS) is 15.0. The SMILES string of the molecule is COc1ccc(C=C2SC(=S)N(CCC(=O)NCCc3ccc(O)cc3)C2=O)cc1. The van der Waals surface area contributed by atoms with Gasteiger partial charge in [-0.3, -0.25) is 14.5 Å². The molecule has 0 unspecified atom stereocenters. The molecule has 1 saturated heterocycles. The zero-order valence-electron chi connectivity index (χ0n) is 16.5. The summed E-state index contributed by atoms with van der Waals surface area (Å²) in [6.07, 6.45) is 2.63. The lowest BCUT2D eigenvalue weighted by Crippen LogP contribution is -2.34. The molecule has 1 heterocycles. The number of benzene rings is 2. The molecule has 3 rings (SSSR count). The van der Waals surface area contributed by atoms with Crippen molar-refractivity contribution >= 4 is 46.2 Å². The summed E-state index contributed by atoms with van der Waals surface area (Å²) >= 11 is 6.56. The third-order valence-corrected chi connectivity index (χ3v) is 5.90. The van der Waals surface area contributed by atoms with E-state index in [1.54, 1.807) is 25.3 Å². The second-order valence-corrected chi connectivity index (χ2v) is 8.30. The van der Waals surface area contributed by atoms with Crippen LogP contribution in [0.4, 0.5) is 0 Å². The number of phenolic OH excluding ortho intramolecular Hbond substituents is 1. The second kappa shape index (κ2) is 10.3. The summed E-state index contributed by atoms with van der Waals surface area (Å²) in [7, 11) is 1.60. The second-order valence-electron chi connectivity index (χ2n) is 6.62. The van der Waals surface area contributed by atoms with Gasteiger partial charge in [0.05, 0.1) is 12.0 Å². The van der Waals surface area contributed by atoms with Crippen molar-refractivity contribution in [3.05, 3.63) is 64.6 Å². The number of ether oxygens (including phenoxy) is 1. The van der Waals surface area contributed by atoms with Crippen molar-refractivity contribution < 1.29 is 19.4 Å². The number of aromatic hydroxyl groups is 1. The van der Waals surface area contributed by atoms with Crippen LogP contribution >= 0.6 is 24.0 Å². The molecule has 0 aromatic heterocycles. The van der Waals surface area contributed by atoms with Crippen LogP contribution in [-0.4, -0.2) is 46.3 Å². The van der Waals surface area contributed by atoms with Crippen molar-refractivity contribution in [3.63, 3.8) is 0 Å². The number of amides is 2. The van der Waals surface area contributed by atoms with Gasteiger partial charge in [-0.1, -0.05) is 48.2 Å². The van der Waals surface area contributed by atoms with E-state index in [1.807, 2.05) is 36.4 Å². The Balaban J connectivity index is 1.48. The largest absolute Gasteiger partial charge is 0.508 e. The number of methoxy groups -OCH3 is 1. The first-order chi connectivity index (χ1) is 14.5. The fourth-order valence-corrected chi connectivity index (χ4v) is 4.16. The molecule has 0 saturated carbocycles. The van der Waals surface area contributed by atoms with Gasteiger partial charge < -0.3 is 15.2 Å². The molecule has 0 spiro atoms. The number of nitrogens with zero attached hydrogens (tertiary/aromatic N) is 1. The Bertz CT molecular complexity index is 956. The number of carbonyl (C=O) groups excluding carboxylic acids is 2. The number of phenols is 1. The summed E-state index contributed by atoms with van der Waals surface area (Å²) in [5.41, 5.74) is 1.90. The van der Waals surface area contributed by atoms with Gasteiger partial charge in [0.1, 0.15) is 15.8 Å². The fraction of sp³-hybridized carbons (Fsp3) is 0.227. The maximum atomic E-state index is 12.7. The van der Waals surface area contributed by atoms with Gasteiger partial charge in [-0.25, -0.2) is 0 Å². The van der Waals surface area contributed by atoms with Gasteiger partial charge >= 0.3 is 0 Å². The first-order valence-electron chi connectivity index (χ1n) is 9.40. The van der Waals surface area contributed by atoms with Crippen LogP contribution in [0.5, 0.6) is 11.5 Å². The Hall–Kier alpha value is -2.84. The van der Waals surface area contributed by atoms with Gasteiger partial charge in [0.15, 0.2) is 0 Å². The standard InChI is InChI=1S/C22H22N2O4S2/c1-28-18-8-4-16(5-9-18)14-19-21(27)24(22(29)30-19)13-11-20(26)23-12-10-15-2-6-17(25)7-3-15/h2-9,14,25H,10-13H2,1H3,(H,23,26). The van der Waals surface area contributed by atoms with Crippen molar-refractivity contribution in [2.24, 2.45) is 0 Å². The monoisotopic (exact) mass is 442 g/mol. The van der Waals surface area contributed by atoms with E-state index < -0.39 is 0 Å². The van der Waals surface area contributed by atoms with Crippen molar-refractivity contribution in [1.82, 2.24) is 10.2 Å². The van der Waals surface area contributed by atoms with E-state index in [9.17, 15) is 14.7 Å². The van der Waals surface area contributed by atoms with E-state index in [4.69, 9.17) is 17.0 Å². The molecule has 2 aromatic rings. The Morgan fingerprint density at radius 1 is 1.20 bits per heavy atom. The zero-order valence-corrected chi connectivity index (χ0v) is 18.1. The molecule has 1 aliphatic rings. The average molecular weight is 443 g/mol. The highest BCUT2D eigenvalue weighted by molar-refractivity contribution is 8.26. The molecule has 6 nitrogen and oxygen atoms in total. The predicted octanol–water partition coefficient (Wildman–Crippen LogP) is 3.35. The molecule has 2 amide bonds. The summed E-state index contributed by atoms with van der Waals surface area (Å²) in [6, 6.07) is 14.3. The van der Waals surface area contributed by atoms with E-state index in [-0.39, 0.29) is 30.5 Å². The molecule has 156 valence electrons. The van der Waals surface area contributed by atoms with Gasteiger partial charge in [0.2, 0.25) is 5.91 Å². The summed E-state index contributed by atoms with van der Waals surface area (Å²) in [6.45, 7) is 0.731. The molecule has 0 aliphatic carbocycles. The molecular formula is C22H22N2O4S2. The quantitative estimate of drug-likeness (QED) is 0.482. The minimum Gasteiger partial charge on any atom is -0.508 e. The molecule has 0 radical (unpaired) electrons. The van der Waals surface area contributed by atoms with E-state index in [2.05, 4.69) is 5.32 Å². The number of hydrogen-bond donors (Lipinski definition) is 2. The minimum atomic E-state index is -0.183. The van der Waals surface area contributed by atoms with Gasteiger partial charge in [0, 0.05) is 19.5 Å². The number of rotatable bonds is 8. The molecule has 1 fully saturated rings. The molecule has 2 aromatic carbocycles. The van der Waals surface area contributed by atoms with Crippen molar-refractivity contribution in [2.75, 3.05) is 20.2 Å². The minimum absolute atomic E-state index is 0.137. The van der Waals surface area contributed by atoms with Crippen LogP contribution in [0.15, 0.2) is 53.4 Å². The zero-order chi connectivity index (χ0) is 21.5. The van der Waals surface area contributed by atoms with Crippen molar-refractivity contribution in [3.8, 4) is 11.5 Å². The lowest BCUT2D eigenvalue weighted by molar-refractivity contribution is -0.123. The van der Waals surface area contributed by atoms with E-state index >= 15 is 0 Å². The number of thioether (sulfide) groups is 1. The summed E-state index contributed by atoms with van der Waals surface area (Å²) < 4.78 is 5.59. The lowest BCUT2D eigenvalue weighted by atomic mass is 10.1. The summed E-state index contributed by atoms with van der Waals surface area (Å²) in [5, 5.41) is 12.1. The first kappa shape index (κ1) is 21.9. The van der Waals surface area contributed by atoms with Gasteiger partial charge in [-0.2, -0.15) is 0 Å². The third kappa shape index (κ3) is 5.84. The van der Waals surface area contributed by atoms with Crippen LogP contribution in [0.2, 0.25) is 0 Å². The van der Waals surface area contributed by atoms with Crippen LogP contribution in [0.1, 0.15) is 17.5 Å². The van der Waals surface area contributed by atoms with E-state index in [0.717, 1.165) is 16.9 Å². The Morgan fingerprint density at radius 3 is 2.57 bits per heavy atom. The highest BCUT2D eigenvalue weighted by Crippen LogP contribution is 2.32. The molecule has 2 N–H and O–H groups in total. The predicted molar refractivity (Wildman–Crippen MR) is 122 cm³/mol. The fourth-order valence-electron chi connectivity index (χ4n) is 2.85. The van der Waals surface area contributed by atoms with Crippen LogP contribution in [-0.2, 0) is 16.0 Å². The maximum Gasteiger partial charge on any atom is 0.266 e. The van der Waals surface area contributed by atoms with Gasteiger partial charge in [-0.15, -0.1) is 0 Å². The molecular weight excluding hydrogens is 420 g/mol. The molecule has 0 bridgehead atoms. The average Bonchev–Trinajstić information content (AvgIpc) is 3.01. The number of hydrogen-bond acceptors (Lipinski definition) is 6. The third-order valence-electron chi connectivity index (χ3n) is 4.52. The Labute approximate surface area is 184 Å².